The molecule has 0 spiro atoms. The Morgan fingerprint density at radius 3 is 2.32 bits per heavy atom. The Labute approximate surface area is 116 Å². The molecule has 19 heavy (non-hydrogen) atoms. The van der Waals surface area contributed by atoms with Crippen molar-refractivity contribution < 1.29 is 4.79 Å². The summed E-state index contributed by atoms with van der Waals surface area (Å²) in [5.74, 6) is 0.0841. The second-order valence-electron chi connectivity index (χ2n) is 6.06. The van der Waals surface area contributed by atoms with Crippen LogP contribution in [-0.2, 0) is 4.79 Å². The SMILES string of the molecule is CC(c1ccccc1)N1C(=O)C=C/C1=C\[Si](C)(C)C. The van der Waals surface area contributed by atoms with Gasteiger partial charge in [0.05, 0.1) is 14.1 Å². The Balaban J connectivity index is 2.32. The maximum atomic E-state index is 12.1. The van der Waals surface area contributed by atoms with Gasteiger partial charge >= 0.3 is 0 Å². The Kier molecular flexibility index (Phi) is 3.76. The second-order valence-corrected chi connectivity index (χ2v) is 11.1. The van der Waals surface area contributed by atoms with Gasteiger partial charge in [-0.15, -0.1) is 0 Å². The van der Waals surface area contributed by atoms with Crippen molar-refractivity contribution >= 4 is 14.0 Å². The Hall–Kier alpha value is -1.61. The van der Waals surface area contributed by atoms with Gasteiger partial charge in [-0.1, -0.05) is 55.7 Å². The van der Waals surface area contributed by atoms with E-state index in [2.05, 4.69) is 44.4 Å². The van der Waals surface area contributed by atoms with E-state index in [1.807, 2.05) is 29.2 Å². The van der Waals surface area contributed by atoms with Crippen molar-refractivity contribution in [3.05, 3.63) is 59.4 Å². The van der Waals surface area contributed by atoms with Gasteiger partial charge in [-0.05, 0) is 18.6 Å². The smallest absolute Gasteiger partial charge is 0.251 e. The molecule has 100 valence electrons. The Morgan fingerprint density at radius 2 is 1.74 bits per heavy atom. The lowest BCUT2D eigenvalue weighted by Gasteiger charge is -2.28. The van der Waals surface area contributed by atoms with E-state index < -0.39 is 8.07 Å². The van der Waals surface area contributed by atoms with E-state index in [0.717, 1.165) is 5.70 Å². The normalized spacial score (nSPS) is 19.3. The van der Waals surface area contributed by atoms with Crippen LogP contribution in [0, 0.1) is 0 Å². The summed E-state index contributed by atoms with van der Waals surface area (Å²) in [7, 11) is -1.35. The van der Waals surface area contributed by atoms with E-state index in [-0.39, 0.29) is 11.9 Å². The van der Waals surface area contributed by atoms with Gasteiger partial charge in [-0.25, -0.2) is 0 Å². The van der Waals surface area contributed by atoms with Gasteiger partial charge in [-0.3, -0.25) is 4.79 Å². The summed E-state index contributed by atoms with van der Waals surface area (Å²) in [6.07, 6.45) is 3.62. The molecule has 0 radical (unpaired) electrons. The molecule has 1 amide bonds. The molecule has 1 aliphatic rings. The van der Waals surface area contributed by atoms with Gasteiger partial charge in [-0.2, -0.15) is 0 Å². The third-order valence-electron chi connectivity index (χ3n) is 3.16. The molecule has 0 fully saturated rings. The first-order valence-electron chi connectivity index (χ1n) is 6.67. The van der Waals surface area contributed by atoms with Crippen LogP contribution in [0.25, 0.3) is 0 Å². The van der Waals surface area contributed by atoms with Gasteiger partial charge in [0.25, 0.3) is 5.91 Å². The van der Waals surface area contributed by atoms with E-state index in [9.17, 15) is 4.79 Å². The van der Waals surface area contributed by atoms with Crippen molar-refractivity contribution in [1.82, 2.24) is 4.90 Å². The molecule has 0 aliphatic carbocycles. The zero-order valence-corrected chi connectivity index (χ0v) is 13.1. The zero-order chi connectivity index (χ0) is 14.0. The molecule has 2 rings (SSSR count). The van der Waals surface area contributed by atoms with E-state index in [4.69, 9.17) is 0 Å². The van der Waals surface area contributed by atoms with Gasteiger partial charge in [0.2, 0.25) is 0 Å². The zero-order valence-electron chi connectivity index (χ0n) is 12.1. The Bertz CT molecular complexity index is 525. The van der Waals surface area contributed by atoms with E-state index in [0.29, 0.717) is 0 Å². The van der Waals surface area contributed by atoms with Crippen LogP contribution in [0.4, 0.5) is 0 Å². The minimum absolute atomic E-state index is 0.0753. The first kappa shape index (κ1) is 13.8. The molecular weight excluding hydrogens is 250 g/mol. The van der Waals surface area contributed by atoms with Crippen molar-refractivity contribution in [2.45, 2.75) is 32.6 Å². The van der Waals surface area contributed by atoms with Crippen molar-refractivity contribution in [1.29, 1.82) is 0 Å². The third-order valence-corrected chi connectivity index (χ3v) is 4.32. The Morgan fingerprint density at radius 1 is 1.11 bits per heavy atom. The van der Waals surface area contributed by atoms with Crippen LogP contribution in [0.15, 0.2) is 53.9 Å². The highest BCUT2D eigenvalue weighted by Crippen LogP contribution is 2.29. The number of allylic oxidation sites excluding steroid dienone is 1. The molecule has 1 heterocycles. The fourth-order valence-corrected chi connectivity index (χ4v) is 3.42. The summed E-state index contributed by atoms with van der Waals surface area (Å²) in [5.41, 5.74) is 4.51. The fourth-order valence-electron chi connectivity index (χ4n) is 2.30. The molecule has 1 aromatic carbocycles. The summed E-state index contributed by atoms with van der Waals surface area (Å²) in [4.78, 5) is 14.0. The molecule has 0 saturated carbocycles. The molecule has 3 heteroatoms. The number of hydrogen-bond acceptors (Lipinski definition) is 1. The molecular formula is C16H21NOSi. The van der Waals surface area contributed by atoms with E-state index in [1.54, 1.807) is 6.08 Å². The maximum Gasteiger partial charge on any atom is 0.251 e. The molecule has 2 nitrogen and oxygen atoms in total. The van der Waals surface area contributed by atoms with Gasteiger partial charge in [0.15, 0.2) is 0 Å². The monoisotopic (exact) mass is 271 g/mol. The molecule has 0 bridgehead atoms. The van der Waals surface area contributed by atoms with Gasteiger partial charge in [0, 0.05) is 11.8 Å². The van der Waals surface area contributed by atoms with Crippen molar-refractivity contribution in [3.8, 4) is 0 Å². The molecule has 1 aromatic rings. The summed E-state index contributed by atoms with van der Waals surface area (Å²) in [6, 6.07) is 10.2. The van der Waals surface area contributed by atoms with Crippen LogP contribution in [-0.4, -0.2) is 18.9 Å². The van der Waals surface area contributed by atoms with Gasteiger partial charge in [0.1, 0.15) is 0 Å². The van der Waals surface area contributed by atoms with E-state index >= 15 is 0 Å². The van der Waals surface area contributed by atoms with Crippen molar-refractivity contribution in [2.75, 3.05) is 0 Å². The molecule has 0 aromatic heterocycles. The number of rotatable bonds is 3. The number of benzene rings is 1. The molecule has 1 atom stereocenters. The van der Waals surface area contributed by atoms with Crippen LogP contribution in [0.2, 0.25) is 19.6 Å². The first-order chi connectivity index (χ1) is 8.88. The maximum absolute atomic E-state index is 12.1. The molecule has 0 N–H and O–H groups in total. The van der Waals surface area contributed by atoms with Crippen LogP contribution >= 0.6 is 0 Å². The number of carbonyl (C=O) groups is 1. The summed E-state index contributed by atoms with van der Waals surface area (Å²) in [5, 5.41) is 0. The predicted molar refractivity (Wildman–Crippen MR) is 82.3 cm³/mol. The van der Waals surface area contributed by atoms with Gasteiger partial charge < -0.3 is 4.90 Å². The second kappa shape index (κ2) is 5.17. The fraction of sp³-hybridized carbons (Fsp3) is 0.312. The van der Waals surface area contributed by atoms with Crippen molar-refractivity contribution in [2.24, 2.45) is 0 Å². The highest BCUT2D eigenvalue weighted by Gasteiger charge is 2.27. The minimum Gasteiger partial charge on any atom is -0.302 e. The number of hydrogen-bond donors (Lipinski definition) is 0. The number of carbonyl (C=O) groups excluding carboxylic acids is 1. The largest absolute Gasteiger partial charge is 0.302 e. The standard InChI is InChI=1S/C16H21NOSi/c1-13(14-8-6-5-7-9-14)17-15(10-11-16(17)18)12-19(2,3)4/h5-13H,1-4H3/b15-12+. The minimum atomic E-state index is -1.35. The van der Waals surface area contributed by atoms with E-state index in [1.165, 1.54) is 5.56 Å². The molecule has 0 saturated heterocycles. The quantitative estimate of drug-likeness (QED) is 0.763. The third kappa shape index (κ3) is 3.23. The predicted octanol–water partition coefficient (Wildman–Crippen LogP) is 3.91. The summed E-state index contributed by atoms with van der Waals surface area (Å²) in [6.45, 7) is 8.92. The first-order valence-corrected chi connectivity index (χ1v) is 10.3. The topological polar surface area (TPSA) is 20.3 Å². The van der Waals surface area contributed by atoms with Crippen LogP contribution in [0.1, 0.15) is 18.5 Å². The number of amides is 1. The van der Waals surface area contributed by atoms with Crippen molar-refractivity contribution in [3.63, 3.8) is 0 Å². The van der Waals surface area contributed by atoms with Crippen LogP contribution < -0.4 is 0 Å². The lowest BCUT2D eigenvalue weighted by molar-refractivity contribution is -0.124. The highest BCUT2D eigenvalue weighted by atomic mass is 28.3. The summed E-state index contributed by atoms with van der Waals surface area (Å²) >= 11 is 0. The highest BCUT2D eigenvalue weighted by molar-refractivity contribution is 6.81. The molecule has 1 aliphatic heterocycles. The number of nitrogens with zero attached hydrogens (tertiary/aromatic N) is 1. The van der Waals surface area contributed by atoms with Crippen LogP contribution in [0.3, 0.4) is 0 Å². The lowest BCUT2D eigenvalue weighted by atomic mass is 10.1. The van der Waals surface area contributed by atoms with Crippen LogP contribution in [0.5, 0.6) is 0 Å². The average Bonchev–Trinajstić information content (AvgIpc) is 2.68. The summed E-state index contributed by atoms with van der Waals surface area (Å²) < 4.78 is 0. The lowest BCUT2D eigenvalue weighted by Crippen LogP contribution is -2.29. The average molecular weight is 271 g/mol. The molecule has 1 unspecified atom stereocenters.